The third-order valence-corrected chi connectivity index (χ3v) is 16.9. The van der Waals surface area contributed by atoms with E-state index in [1.807, 2.05) is 47.0 Å². The maximum absolute atomic E-state index is 6.29. The Morgan fingerprint density at radius 2 is 0.338 bits per heavy atom. The predicted octanol–water partition coefficient (Wildman–Crippen LogP) is 14.4. The van der Waals surface area contributed by atoms with E-state index in [2.05, 4.69) is 97.1 Å². The number of methoxy groups -OCH3 is 8. The van der Waals surface area contributed by atoms with Crippen molar-refractivity contribution in [3.63, 3.8) is 0 Å². The van der Waals surface area contributed by atoms with Crippen molar-refractivity contribution in [1.82, 2.24) is 0 Å². The number of fused-ring (bicyclic) bond motifs is 12. The Balaban J connectivity index is 1.21. The molecule has 8 aromatic rings. The molecule has 8 aromatic carbocycles. The molecule has 10 rings (SSSR count). The predicted molar refractivity (Wildman–Crippen MR) is 288 cm³/mol. The zero-order valence-corrected chi connectivity index (χ0v) is 43.1. The molecular formula is C56H56O8S4. The summed E-state index contributed by atoms with van der Waals surface area (Å²) in [6.45, 7) is 0. The highest BCUT2D eigenvalue weighted by Crippen LogP contribution is 2.51. The molecule has 12 heteroatoms. The van der Waals surface area contributed by atoms with Crippen LogP contribution in [0, 0.1) is 0 Å². The summed E-state index contributed by atoms with van der Waals surface area (Å²) in [5.74, 6) is 11.5. The van der Waals surface area contributed by atoms with E-state index in [1.165, 1.54) is 0 Å². The number of thioether (sulfide) groups is 4. The largest absolute Gasteiger partial charge is 0.493 e. The van der Waals surface area contributed by atoms with Crippen LogP contribution in [0.25, 0.3) is 43.1 Å². The highest BCUT2D eigenvalue weighted by atomic mass is 32.2. The van der Waals surface area contributed by atoms with Crippen molar-refractivity contribution in [2.24, 2.45) is 0 Å². The third kappa shape index (κ3) is 8.56. The van der Waals surface area contributed by atoms with Gasteiger partial charge in [-0.25, -0.2) is 0 Å². The van der Waals surface area contributed by atoms with Crippen LogP contribution in [-0.4, -0.2) is 56.9 Å². The molecular weight excluding hydrogens is 929 g/mol. The molecule has 0 amide bonds. The van der Waals surface area contributed by atoms with Gasteiger partial charge in [0.1, 0.15) is 0 Å². The molecule has 0 aromatic heterocycles. The summed E-state index contributed by atoms with van der Waals surface area (Å²) in [5.41, 5.74) is 8.73. The molecule has 352 valence electrons. The smallest absolute Gasteiger partial charge is 0.165 e. The quantitative estimate of drug-likeness (QED) is 0.146. The molecule has 0 N–H and O–H groups in total. The van der Waals surface area contributed by atoms with Crippen molar-refractivity contribution in [3.8, 4) is 46.0 Å². The molecule has 2 aliphatic rings. The monoisotopic (exact) mass is 984 g/mol. The highest BCUT2D eigenvalue weighted by Gasteiger charge is 2.27. The molecule has 0 saturated carbocycles. The van der Waals surface area contributed by atoms with Crippen molar-refractivity contribution in [1.29, 1.82) is 0 Å². The van der Waals surface area contributed by atoms with E-state index in [1.54, 1.807) is 56.9 Å². The first-order valence-electron chi connectivity index (χ1n) is 22.3. The molecule has 2 heterocycles. The van der Waals surface area contributed by atoms with Crippen molar-refractivity contribution in [3.05, 3.63) is 142 Å². The van der Waals surface area contributed by atoms with Crippen molar-refractivity contribution in [2.75, 3.05) is 56.9 Å². The Labute approximate surface area is 416 Å². The van der Waals surface area contributed by atoms with E-state index in [-0.39, 0.29) is 0 Å². The average molecular weight is 985 g/mol. The van der Waals surface area contributed by atoms with Gasteiger partial charge in [-0.15, -0.1) is 0 Å². The lowest BCUT2D eigenvalue weighted by Gasteiger charge is -2.23. The van der Waals surface area contributed by atoms with Gasteiger partial charge in [0.05, 0.1) is 56.9 Å². The zero-order chi connectivity index (χ0) is 47.3. The van der Waals surface area contributed by atoms with Gasteiger partial charge in [-0.05, 0) is 43.1 Å². The lowest BCUT2D eigenvalue weighted by Crippen LogP contribution is -2.04. The van der Waals surface area contributed by atoms with Gasteiger partial charge in [0, 0.05) is 90.5 Å². The lowest BCUT2D eigenvalue weighted by molar-refractivity contribution is 0.351. The van der Waals surface area contributed by atoms with E-state index in [4.69, 9.17) is 37.9 Å². The van der Waals surface area contributed by atoms with E-state index in [0.29, 0.717) is 46.0 Å². The van der Waals surface area contributed by atoms with Crippen molar-refractivity contribution >= 4 is 90.1 Å². The first-order valence-corrected chi connectivity index (χ1v) is 27.0. The Bertz CT molecular complexity index is 2530. The summed E-state index contributed by atoms with van der Waals surface area (Å²) < 4.78 is 50.3. The van der Waals surface area contributed by atoms with Crippen LogP contribution >= 0.6 is 47.0 Å². The van der Waals surface area contributed by atoms with Gasteiger partial charge >= 0.3 is 0 Å². The molecule has 0 aliphatic carbocycles. The number of benzene rings is 8. The van der Waals surface area contributed by atoms with E-state index >= 15 is 0 Å². The number of ether oxygens (including phenoxy) is 8. The Morgan fingerprint density at radius 3 is 0.441 bits per heavy atom. The molecule has 68 heavy (non-hydrogen) atoms. The molecule has 0 saturated heterocycles. The third-order valence-electron chi connectivity index (χ3n) is 12.9. The van der Waals surface area contributed by atoms with Gasteiger partial charge in [-0.3, -0.25) is 0 Å². The Hall–Kier alpha value is -5.40. The molecule has 8 nitrogen and oxygen atoms in total. The summed E-state index contributed by atoms with van der Waals surface area (Å²) in [4.78, 5) is 0. The Morgan fingerprint density at radius 1 is 0.221 bits per heavy atom. The number of hydrogen-bond donors (Lipinski definition) is 0. The van der Waals surface area contributed by atoms with Crippen LogP contribution in [0.1, 0.15) is 44.5 Å². The van der Waals surface area contributed by atoms with Crippen molar-refractivity contribution < 1.29 is 37.9 Å². The lowest BCUT2D eigenvalue weighted by atomic mass is 9.98. The molecule has 0 radical (unpaired) electrons. The fourth-order valence-corrected chi connectivity index (χ4v) is 14.3. The summed E-state index contributed by atoms with van der Waals surface area (Å²) in [6, 6.07) is 34.4. The van der Waals surface area contributed by atoms with Gasteiger partial charge in [0.15, 0.2) is 46.0 Å². The van der Waals surface area contributed by atoms with E-state index in [0.717, 1.165) is 134 Å². The van der Waals surface area contributed by atoms with Gasteiger partial charge < -0.3 is 37.9 Å². The second-order valence-electron chi connectivity index (χ2n) is 16.2. The molecule has 2 aliphatic heterocycles. The maximum Gasteiger partial charge on any atom is 0.165 e. The minimum atomic E-state index is 0.677. The van der Waals surface area contributed by atoms with Crippen molar-refractivity contribution in [2.45, 2.75) is 46.0 Å². The SMILES string of the molecule is COc1c(OC)c2c3ccccc3c1CSCc1c(OC)c(OC)c(c3ccccc13)CSCc1c(OC)c(OC)c(c3ccccc13)CSCc1c(OC)c(OC)c(c3ccccc13)CSC2. The highest BCUT2D eigenvalue weighted by molar-refractivity contribution is 7.98. The molecule has 8 bridgehead atoms. The maximum atomic E-state index is 6.29. The van der Waals surface area contributed by atoms with Gasteiger partial charge in [0.25, 0.3) is 0 Å². The molecule has 0 unspecified atom stereocenters. The summed E-state index contributed by atoms with van der Waals surface area (Å²) in [6.07, 6.45) is 0. The molecule has 0 atom stereocenters. The second-order valence-corrected chi connectivity index (χ2v) is 20.2. The van der Waals surface area contributed by atoms with E-state index < -0.39 is 0 Å². The van der Waals surface area contributed by atoms with Crippen LogP contribution in [0.2, 0.25) is 0 Å². The van der Waals surface area contributed by atoms with Crippen LogP contribution in [0.15, 0.2) is 97.1 Å². The van der Waals surface area contributed by atoms with Crippen LogP contribution < -0.4 is 37.9 Å². The Kier molecular flexibility index (Phi) is 15.1. The van der Waals surface area contributed by atoms with Crippen LogP contribution in [-0.2, 0) is 46.0 Å². The minimum Gasteiger partial charge on any atom is -0.493 e. The van der Waals surface area contributed by atoms with Gasteiger partial charge in [0.2, 0.25) is 0 Å². The van der Waals surface area contributed by atoms with Crippen LogP contribution in [0.3, 0.4) is 0 Å². The van der Waals surface area contributed by atoms with Gasteiger partial charge in [-0.2, -0.15) is 47.0 Å². The molecule has 0 spiro atoms. The zero-order valence-electron chi connectivity index (χ0n) is 39.8. The first-order chi connectivity index (χ1) is 33.5. The average Bonchev–Trinajstić information content (AvgIpc) is 3.38. The van der Waals surface area contributed by atoms with Crippen LogP contribution in [0.5, 0.6) is 46.0 Å². The topological polar surface area (TPSA) is 73.8 Å². The number of hydrogen-bond acceptors (Lipinski definition) is 12. The molecule has 0 fully saturated rings. The number of rotatable bonds is 8. The van der Waals surface area contributed by atoms with E-state index in [9.17, 15) is 0 Å². The fourth-order valence-electron chi connectivity index (χ4n) is 10.0. The summed E-state index contributed by atoms with van der Waals surface area (Å²) >= 11 is 7.28. The summed E-state index contributed by atoms with van der Waals surface area (Å²) in [7, 11) is 13.9. The minimum absolute atomic E-state index is 0.677. The standard InChI is InChI=1S/C56H56O8S4/c1-57-49-41-25-65-27-43-35-19-11-12-20-36(35)45(53(61-5)51(43)59-3)29-67-31-47-39-23-15-16-24-40(39)48(56(64-8)55(47)63-7)32-68-30-46-38-22-14-13-21-37(38)44(52(60-4)54(46)62-6)28-66-26-42(50(49)58-2)34-18-10-9-17-33(34)41/h9-24H,25-32H2,1-8H3. The second kappa shape index (κ2) is 21.5. The first kappa shape index (κ1) is 47.7. The normalized spacial score (nSPS) is 13.8. The fraction of sp³-hybridized carbons (Fsp3) is 0.286. The van der Waals surface area contributed by atoms with Gasteiger partial charge in [-0.1, -0.05) is 97.1 Å². The summed E-state index contributed by atoms with van der Waals surface area (Å²) in [5, 5.41) is 9.16. The van der Waals surface area contributed by atoms with Crippen LogP contribution in [0.4, 0.5) is 0 Å².